The number of alkyl carbamates (subject to hydrolysis) is 1. The summed E-state index contributed by atoms with van der Waals surface area (Å²) in [6, 6.07) is 16.3. The Morgan fingerprint density at radius 3 is 2.18 bits per heavy atom. The zero-order valence-electron chi connectivity index (χ0n) is 18.4. The molecule has 33 heavy (non-hydrogen) atoms. The summed E-state index contributed by atoms with van der Waals surface area (Å²) in [5.41, 5.74) is 4.10. The van der Waals surface area contributed by atoms with Crippen LogP contribution in [-0.2, 0) is 14.3 Å². The van der Waals surface area contributed by atoms with Gasteiger partial charge < -0.3 is 20.5 Å². The largest absolute Gasteiger partial charge is 0.481 e. The summed E-state index contributed by atoms with van der Waals surface area (Å²) in [6.07, 6.45) is 2.87. The van der Waals surface area contributed by atoms with E-state index in [1.54, 1.807) is 0 Å². The summed E-state index contributed by atoms with van der Waals surface area (Å²) in [5, 5.41) is 15.0. The molecule has 2 aromatic rings. The molecule has 0 aliphatic heterocycles. The molecule has 0 saturated heterocycles. The van der Waals surface area contributed by atoms with Gasteiger partial charge in [-0.2, -0.15) is 0 Å². The number of carbonyl (C=O) groups excluding carboxylic acids is 2. The summed E-state index contributed by atoms with van der Waals surface area (Å²) >= 11 is 0. The first kappa shape index (κ1) is 21.5. The van der Waals surface area contributed by atoms with E-state index in [1.807, 2.05) is 24.3 Å². The number of ether oxygens (including phenoxy) is 1. The van der Waals surface area contributed by atoms with Crippen LogP contribution in [0.5, 0.6) is 0 Å². The van der Waals surface area contributed by atoms with Crippen LogP contribution in [0.1, 0.15) is 55.6 Å². The Hall–Kier alpha value is -3.35. The Bertz CT molecular complexity index is 1050. The first-order chi connectivity index (χ1) is 15.9. The molecule has 2 aromatic carbocycles. The van der Waals surface area contributed by atoms with Crippen LogP contribution in [0.4, 0.5) is 4.79 Å². The number of fused-ring (bicyclic) bond motifs is 3. The monoisotopic (exact) mass is 448 g/mol. The topological polar surface area (TPSA) is 105 Å². The van der Waals surface area contributed by atoms with Crippen molar-refractivity contribution in [2.45, 2.75) is 56.0 Å². The van der Waals surface area contributed by atoms with Gasteiger partial charge in [0.15, 0.2) is 0 Å². The molecular weight excluding hydrogens is 420 g/mol. The third-order valence-corrected chi connectivity index (χ3v) is 7.21. The van der Waals surface area contributed by atoms with E-state index >= 15 is 0 Å². The SMILES string of the molecule is O=C(CC1(NC(=O)OCC2c3ccccc3-c3ccccc32)CC1)NC1CCC(C(=O)O)C1. The molecule has 3 N–H and O–H groups in total. The molecule has 2 atom stereocenters. The predicted molar refractivity (Wildman–Crippen MR) is 122 cm³/mol. The van der Waals surface area contributed by atoms with Crippen LogP contribution in [0.15, 0.2) is 48.5 Å². The highest BCUT2D eigenvalue weighted by atomic mass is 16.5. The van der Waals surface area contributed by atoms with E-state index < -0.39 is 17.6 Å². The number of aliphatic carboxylic acids is 1. The lowest BCUT2D eigenvalue weighted by atomic mass is 9.98. The van der Waals surface area contributed by atoms with Crippen molar-refractivity contribution in [1.82, 2.24) is 10.6 Å². The minimum atomic E-state index is -0.803. The van der Waals surface area contributed by atoms with Crippen LogP contribution < -0.4 is 10.6 Å². The molecule has 2 unspecified atom stereocenters. The number of amides is 2. The molecule has 5 rings (SSSR count). The van der Waals surface area contributed by atoms with E-state index in [-0.39, 0.29) is 36.8 Å². The highest BCUT2D eigenvalue weighted by molar-refractivity contribution is 5.81. The van der Waals surface area contributed by atoms with Crippen LogP contribution in [0.25, 0.3) is 11.1 Å². The van der Waals surface area contributed by atoms with Crippen LogP contribution in [0.2, 0.25) is 0 Å². The first-order valence-corrected chi connectivity index (χ1v) is 11.6. The normalized spacial score (nSPS) is 22.2. The van der Waals surface area contributed by atoms with Gasteiger partial charge in [0.2, 0.25) is 5.91 Å². The zero-order chi connectivity index (χ0) is 23.0. The summed E-state index contributed by atoms with van der Waals surface area (Å²) in [7, 11) is 0. The number of carbonyl (C=O) groups is 3. The van der Waals surface area contributed by atoms with Crippen molar-refractivity contribution >= 4 is 18.0 Å². The van der Waals surface area contributed by atoms with Crippen LogP contribution in [0.3, 0.4) is 0 Å². The molecule has 0 bridgehead atoms. The molecule has 2 fully saturated rings. The van der Waals surface area contributed by atoms with Crippen molar-refractivity contribution in [3.05, 3.63) is 59.7 Å². The highest BCUT2D eigenvalue weighted by Crippen LogP contribution is 2.44. The third kappa shape index (κ3) is 4.45. The van der Waals surface area contributed by atoms with Gasteiger partial charge >= 0.3 is 12.1 Å². The van der Waals surface area contributed by atoms with Gasteiger partial charge in [-0.05, 0) is 54.4 Å². The van der Waals surface area contributed by atoms with Crippen molar-refractivity contribution in [3.8, 4) is 11.1 Å². The van der Waals surface area contributed by atoms with Crippen molar-refractivity contribution in [2.24, 2.45) is 5.92 Å². The average molecular weight is 449 g/mol. The maximum absolute atomic E-state index is 12.6. The van der Waals surface area contributed by atoms with E-state index in [1.165, 1.54) is 11.1 Å². The zero-order valence-corrected chi connectivity index (χ0v) is 18.4. The smallest absolute Gasteiger partial charge is 0.407 e. The molecular formula is C26H28N2O5. The molecule has 0 radical (unpaired) electrons. The number of carboxylic acids is 1. The van der Waals surface area contributed by atoms with E-state index in [0.717, 1.165) is 24.0 Å². The summed E-state index contributed by atoms with van der Waals surface area (Å²) in [6.45, 7) is 0.237. The lowest BCUT2D eigenvalue weighted by Gasteiger charge is -2.20. The molecule has 2 saturated carbocycles. The number of hydrogen-bond donors (Lipinski definition) is 3. The van der Waals surface area contributed by atoms with Crippen molar-refractivity contribution in [2.75, 3.05) is 6.61 Å². The second-order valence-electron chi connectivity index (χ2n) is 9.52. The van der Waals surface area contributed by atoms with Crippen molar-refractivity contribution < 1.29 is 24.2 Å². The second kappa shape index (κ2) is 8.54. The Balaban J connectivity index is 1.14. The Morgan fingerprint density at radius 1 is 0.970 bits per heavy atom. The molecule has 7 heteroatoms. The minimum absolute atomic E-state index is 0.00820. The van der Waals surface area contributed by atoms with Crippen LogP contribution in [0, 0.1) is 5.92 Å². The maximum atomic E-state index is 12.6. The molecule has 0 aromatic heterocycles. The summed E-state index contributed by atoms with van der Waals surface area (Å²) < 4.78 is 5.62. The Morgan fingerprint density at radius 2 is 1.61 bits per heavy atom. The molecule has 0 heterocycles. The summed E-state index contributed by atoms with van der Waals surface area (Å²) in [4.78, 5) is 36.2. The highest BCUT2D eigenvalue weighted by Gasteiger charge is 2.46. The van der Waals surface area contributed by atoms with Gasteiger partial charge in [0, 0.05) is 18.4 Å². The fourth-order valence-corrected chi connectivity index (χ4v) is 5.27. The fraction of sp³-hybridized carbons (Fsp3) is 0.423. The van der Waals surface area contributed by atoms with Gasteiger partial charge in [-0.25, -0.2) is 4.79 Å². The molecule has 3 aliphatic rings. The maximum Gasteiger partial charge on any atom is 0.407 e. The summed E-state index contributed by atoms with van der Waals surface area (Å²) in [5.74, 6) is -1.35. The standard InChI is InChI=1S/C26H28N2O5/c29-23(27-17-10-9-16(13-17)24(30)31)14-26(11-12-26)28-25(32)33-15-22-20-7-3-1-5-18(20)19-6-2-4-8-21(19)22/h1-8,16-17,22H,9-15H2,(H,27,29)(H,28,32)(H,30,31). The van der Waals surface area contributed by atoms with E-state index in [9.17, 15) is 14.4 Å². The van der Waals surface area contributed by atoms with Gasteiger partial charge in [0.25, 0.3) is 0 Å². The Kier molecular flexibility index (Phi) is 5.56. The number of nitrogens with one attached hydrogen (secondary N) is 2. The molecule has 0 spiro atoms. The Labute approximate surface area is 192 Å². The number of carboxylic acid groups (broad SMARTS) is 1. The van der Waals surface area contributed by atoms with Crippen molar-refractivity contribution in [1.29, 1.82) is 0 Å². The molecule has 172 valence electrons. The predicted octanol–water partition coefficient (Wildman–Crippen LogP) is 3.82. The lowest BCUT2D eigenvalue weighted by molar-refractivity contribution is -0.141. The van der Waals surface area contributed by atoms with Crippen LogP contribution >= 0.6 is 0 Å². The van der Waals surface area contributed by atoms with E-state index in [4.69, 9.17) is 9.84 Å². The number of benzene rings is 2. The third-order valence-electron chi connectivity index (χ3n) is 7.21. The van der Waals surface area contributed by atoms with E-state index in [2.05, 4.69) is 34.9 Å². The average Bonchev–Trinajstić information content (AvgIpc) is 3.24. The minimum Gasteiger partial charge on any atom is -0.481 e. The van der Waals surface area contributed by atoms with E-state index in [0.29, 0.717) is 19.3 Å². The van der Waals surface area contributed by atoms with Gasteiger partial charge in [-0.15, -0.1) is 0 Å². The number of hydrogen-bond acceptors (Lipinski definition) is 4. The number of rotatable bonds is 7. The first-order valence-electron chi connectivity index (χ1n) is 11.6. The quantitative estimate of drug-likeness (QED) is 0.597. The van der Waals surface area contributed by atoms with Crippen LogP contribution in [-0.4, -0.2) is 41.3 Å². The molecule has 2 amide bonds. The lowest BCUT2D eigenvalue weighted by Crippen LogP contribution is -2.43. The molecule has 7 nitrogen and oxygen atoms in total. The van der Waals surface area contributed by atoms with Crippen molar-refractivity contribution in [3.63, 3.8) is 0 Å². The van der Waals surface area contributed by atoms with Gasteiger partial charge in [-0.3, -0.25) is 9.59 Å². The van der Waals surface area contributed by atoms with Gasteiger partial charge in [0.1, 0.15) is 6.61 Å². The fourth-order valence-electron chi connectivity index (χ4n) is 5.27. The van der Waals surface area contributed by atoms with Gasteiger partial charge in [-0.1, -0.05) is 48.5 Å². The second-order valence-corrected chi connectivity index (χ2v) is 9.52. The van der Waals surface area contributed by atoms with Gasteiger partial charge in [0.05, 0.1) is 11.5 Å². The molecule has 3 aliphatic carbocycles.